The summed E-state index contributed by atoms with van der Waals surface area (Å²) in [6, 6.07) is 13.1. The molecule has 0 aliphatic carbocycles. The molecule has 1 atom stereocenters. The molecule has 0 spiro atoms. The molecule has 3 heteroatoms. The third kappa shape index (κ3) is 5.06. The van der Waals surface area contributed by atoms with Crippen LogP contribution in [0.1, 0.15) is 29.2 Å². The predicted octanol–water partition coefficient (Wildman–Crippen LogP) is 5.14. The number of aryl methyl sites for hydroxylation is 2. The van der Waals surface area contributed by atoms with Gasteiger partial charge in [-0.05, 0) is 50.5 Å². The highest BCUT2D eigenvalue weighted by molar-refractivity contribution is 7.98. The van der Waals surface area contributed by atoms with Crippen LogP contribution in [0.25, 0.3) is 0 Å². The summed E-state index contributed by atoms with van der Waals surface area (Å²) in [6.07, 6.45) is 0.820. The zero-order chi connectivity index (χ0) is 15.4. The molecule has 112 valence electrons. The molecule has 0 bridgehead atoms. The van der Waals surface area contributed by atoms with Crippen molar-refractivity contribution in [3.8, 4) is 0 Å². The summed E-state index contributed by atoms with van der Waals surface area (Å²) < 4.78 is 0. The standard InChI is InChI=1S/C18H22ClNS/c1-12-6-13(2)8-15(7-12)11-21-17-5-4-16(9-14(3)20)18(19)10-17/h4-8,10,14H,9,11,20H2,1-3H3. The van der Waals surface area contributed by atoms with E-state index in [9.17, 15) is 0 Å². The fourth-order valence-electron chi connectivity index (χ4n) is 2.45. The van der Waals surface area contributed by atoms with E-state index in [1.165, 1.54) is 21.6 Å². The average Bonchev–Trinajstić information content (AvgIpc) is 2.38. The van der Waals surface area contributed by atoms with Gasteiger partial charge in [-0.15, -0.1) is 11.8 Å². The van der Waals surface area contributed by atoms with E-state index in [-0.39, 0.29) is 6.04 Å². The van der Waals surface area contributed by atoms with Crippen molar-refractivity contribution in [2.24, 2.45) is 5.73 Å². The smallest absolute Gasteiger partial charge is 0.0449 e. The largest absolute Gasteiger partial charge is 0.328 e. The first-order valence-electron chi connectivity index (χ1n) is 7.18. The van der Waals surface area contributed by atoms with Crippen LogP contribution in [0.2, 0.25) is 5.02 Å². The normalized spacial score (nSPS) is 12.4. The van der Waals surface area contributed by atoms with E-state index in [2.05, 4.69) is 44.2 Å². The number of nitrogens with two attached hydrogens (primary N) is 1. The highest BCUT2D eigenvalue weighted by atomic mass is 35.5. The Balaban J connectivity index is 2.05. The molecule has 0 heterocycles. The van der Waals surface area contributed by atoms with Crippen molar-refractivity contribution in [2.75, 3.05) is 0 Å². The van der Waals surface area contributed by atoms with Gasteiger partial charge in [-0.25, -0.2) is 0 Å². The van der Waals surface area contributed by atoms with Gasteiger partial charge in [-0.1, -0.05) is 47.0 Å². The molecule has 0 amide bonds. The highest BCUT2D eigenvalue weighted by Gasteiger charge is 2.05. The SMILES string of the molecule is Cc1cc(C)cc(CSc2ccc(CC(C)N)c(Cl)c2)c1. The van der Waals surface area contributed by atoms with Crippen molar-refractivity contribution in [3.63, 3.8) is 0 Å². The summed E-state index contributed by atoms with van der Waals surface area (Å²) in [7, 11) is 0. The molecule has 0 saturated heterocycles. The van der Waals surface area contributed by atoms with Gasteiger partial charge in [-0.2, -0.15) is 0 Å². The lowest BCUT2D eigenvalue weighted by atomic mass is 10.1. The molecule has 2 rings (SSSR count). The van der Waals surface area contributed by atoms with Gasteiger partial charge in [0.25, 0.3) is 0 Å². The fraction of sp³-hybridized carbons (Fsp3) is 0.333. The minimum absolute atomic E-state index is 0.135. The predicted molar refractivity (Wildman–Crippen MR) is 94.3 cm³/mol. The Morgan fingerprint density at radius 3 is 2.33 bits per heavy atom. The van der Waals surface area contributed by atoms with Gasteiger partial charge in [0.2, 0.25) is 0 Å². The third-order valence-corrected chi connectivity index (χ3v) is 4.67. The summed E-state index contributed by atoms with van der Waals surface area (Å²) in [5, 5.41) is 0.817. The lowest BCUT2D eigenvalue weighted by molar-refractivity contribution is 0.738. The molecule has 2 aromatic carbocycles. The van der Waals surface area contributed by atoms with Crippen molar-refractivity contribution >= 4 is 23.4 Å². The van der Waals surface area contributed by atoms with Gasteiger partial charge >= 0.3 is 0 Å². The number of hydrogen-bond acceptors (Lipinski definition) is 2. The van der Waals surface area contributed by atoms with Gasteiger partial charge in [-0.3, -0.25) is 0 Å². The molecule has 2 N–H and O–H groups in total. The average molecular weight is 320 g/mol. The minimum Gasteiger partial charge on any atom is -0.328 e. The first-order valence-corrected chi connectivity index (χ1v) is 8.54. The van der Waals surface area contributed by atoms with Crippen LogP contribution in [0.15, 0.2) is 41.3 Å². The lowest BCUT2D eigenvalue weighted by Crippen LogP contribution is -2.17. The van der Waals surface area contributed by atoms with Crippen molar-refractivity contribution in [3.05, 3.63) is 63.7 Å². The summed E-state index contributed by atoms with van der Waals surface area (Å²) in [5.74, 6) is 0.964. The molecular weight excluding hydrogens is 298 g/mol. The Labute approximate surface area is 136 Å². The summed E-state index contributed by atoms with van der Waals surface area (Å²) >= 11 is 8.15. The fourth-order valence-corrected chi connectivity index (χ4v) is 3.64. The summed E-state index contributed by atoms with van der Waals surface area (Å²) in [4.78, 5) is 1.20. The Hall–Kier alpha value is -0.960. The van der Waals surface area contributed by atoms with Gasteiger partial charge in [0.15, 0.2) is 0 Å². The number of halogens is 1. The molecule has 1 nitrogen and oxygen atoms in total. The van der Waals surface area contributed by atoms with Crippen LogP contribution in [0.5, 0.6) is 0 Å². The van der Waals surface area contributed by atoms with E-state index in [4.69, 9.17) is 17.3 Å². The van der Waals surface area contributed by atoms with Crippen LogP contribution in [0.4, 0.5) is 0 Å². The van der Waals surface area contributed by atoms with E-state index in [0.717, 1.165) is 22.8 Å². The van der Waals surface area contributed by atoms with E-state index >= 15 is 0 Å². The van der Waals surface area contributed by atoms with Crippen molar-refractivity contribution in [2.45, 2.75) is 43.9 Å². The second-order valence-electron chi connectivity index (χ2n) is 5.72. The van der Waals surface area contributed by atoms with E-state index in [1.807, 2.05) is 24.8 Å². The Kier molecular flexibility index (Phi) is 5.74. The van der Waals surface area contributed by atoms with Crippen LogP contribution in [0.3, 0.4) is 0 Å². The van der Waals surface area contributed by atoms with Crippen LogP contribution < -0.4 is 5.73 Å². The zero-order valence-corrected chi connectivity index (χ0v) is 14.4. The van der Waals surface area contributed by atoms with E-state index in [1.54, 1.807) is 0 Å². The molecule has 0 aromatic heterocycles. The maximum atomic E-state index is 6.34. The molecule has 2 aromatic rings. The van der Waals surface area contributed by atoms with Gasteiger partial charge in [0.05, 0.1) is 0 Å². The monoisotopic (exact) mass is 319 g/mol. The number of hydrogen-bond donors (Lipinski definition) is 1. The molecule has 0 radical (unpaired) electrons. The molecule has 0 aliphatic rings. The Bertz CT molecular complexity index is 602. The van der Waals surface area contributed by atoms with Crippen LogP contribution in [0, 0.1) is 13.8 Å². The first kappa shape index (κ1) is 16.4. The molecule has 0 aliphatic heterocycles. The number of rotatable bonds is 5. The first-order chi connectivity index (χ1) is 9.94. The Morgan fingerprint density at radius 1 is 1.10 bits per heavy atom. The van der Waals surface area contributed by atoms with Crippen LogP contribution in [-0.2, 0) is 12.2 Å². The zero-order valence-electron chi connectivity index (χ0n) is 12.8. The summed E-state index contributed by atoms with van der Waals surface area (Å²) in [6.45, 7) is 6.28. The third-order valence-electron chi connectivity index (χ3n) is 3.25. The maximum absolute atomic E-state index is 6.34. The molecular formula is C18H22ClNS. The van der Waals surface area contributed by atoms with Crippen LogP contribution in [-0.4, -0.2) is 6.04 Å². The number of thioether (sulfide) groups is 1. The second kappa shape index (κ2) is 7.35. The van der Waals surface area contributed by atoms with E-state index in [0.29, 0.717) is 0 Å². The second-order valence-corrected chi connectivity index (χ2v) is 7.18. The van der Waals surface area contributed by atoms with Crippen LogP contribution >= 0.6 is 23.4 Å². The van der Waals surface area contributed by atoms with Gasteiger partial charge < -0.3 is 5.73 Å². The number of benzene rings is 2. The van der Waals surface area contributed by atoms with Crippen molar-refractivity contribution in [1.82, 2.24) is 0 Å². The topological polar surface area (TPSA) is 26.0 Å². The lowest BCUT2D eigenvalue weighted by Gasteiger charge is -2.10. The highest BCUT2D eigenvalue weighted by Crippen LogP contribution is 2.28. The molecule has 21 heavy (non-hydrogen) atoms. The van der Waals surface area contributed by atoms with E-state index < -0.39 is 0 Å². The summed E-state index contributed by atoms with van der Waals surface area (Å²) in [5.41, 5.74) is 10.9. The molecule has 0 fully saturated rings. The van der Waals surface area contributed by atoms with Crippen molar-refractivity contribution < 1.29 is 0 Å². The van der Waals surface area contributed by atoms with Gasteiger partial charge in [0, 0.05) is 21.7 Å². The minimum atomic E-state index is 0.135. The Morgan fingerprint density at radius 2 is 1.76 bits per heavy atom. The van der Waals surface area contributed by atoms with Gasteiger partial charge in [0.1, 0.15) is 0 Å². The molecule has 0 saturated carbocycles. The quantitative estimate of drug-likeness (QED) is 0.772. The molecule has 1 unspecified atom stereocenters. The van der Waals surface area contributed by atoms with Crippen molar-refractivity contribution in [1.29, 1.82) is 0 Å². The maximum Gasteiger partial charge on any atom is 0.0449 e.